The van der Waals surface area contributed by atoms with E-state index in [0.29, 0.717) is 36.1 Å². The Labute approximate surface area is 214 Å². The summed E-state index contributed by atoms with van der Waals surface area (Å²) in [6.07, 6.45) is 5.18. The molecule has 0 aliphatic carbocycles. The van der Waals surface area contributed by atoms with Crippen LogP contribution in [0.3, 0.4) is 0 Å². The van der Waals surface area contributed by atoms with Crippen LogP contribution in [0, 0.1) is 19.8 Å². The zero-order valence-electron chi connectivity index (χ0n) is 22.0. The minimum atomic E-state index is -0.228. The quantitative estimate of drug-likeness (QED) is 0.276. The first-order valence-corrected chi connectivity index (χ1v) is 12.7. The number of rotatable bonds is 11. The highest BCUT2D eigenvalue weighted by molar-refractivity contribution is 5.94. The van der Waals surface area contributed by atoms with Crippen molar-refractivity contribution in [3.8, 4) is 11.5 Å². The maximum Gasteiger partial charge on any atom is 0.319 e. The molecule has 0 saturated heterocycles. The molecule has 2 N–H and O–H groups in total. The van der Waals surface area contributed by atoms with Crippen molar-refractivity contribution in [1.29, 1.82) is 0 Å². The summed E-state index contributed by atoms with van der Waals surface area (Å²) in [4.78, 5) is 28.6. The Morgan fingerprint density at radius 3 is 2.39 bits per heavy atom. The van der Waals surface area contributed by atoms with Gasteiger partial charge < -0.3 is 15.4 Å². The molecule has 0 fully saturated rings. The van der Waals surface area contributed by atoms with Gasteiger partial charge in [0.15, 0.2) is 5.78 Å². The number of anilines is 1. The lowest BCUT2D eigenvalue weighted by Gasteiger charge is -2.15. The Hall–Kier alpha value is -3.67. The molecule has 0 bridgehead atoms. The summed E-state index contributed by atoms with van der Waals surface area (Å²) < 4.78 is 5.86. The Morgan fingerprint density at radius 2 is 1.69 bits per heavy atom. The molecule has 0 radical (unpaired) electrons. The van der Waals surface area contributed by atoms with Crippen LogP contribution in [0.5, 0.6) is 11.5 Å². The molecule has 36 heavy (non-hydrogen) atoms. The number of benzene rings is 2. The van der Waals surface area contributed by atoms with Crippen molar-refractivity contribution in [2.24, 2.45) is 5.92 Å². The van der Waals surface area contributed by atoms with Gasteiger partial charge in [0.2, 0.25) is 0 Å². The molecule has 3 aromatic rings. The Morgan fingerprint density at radius 1 is 0.972 bits per heavy atom. The van der Waals surface area contributed by atoms with E-state index in [4.69, 9.17) is 4.74 Å². The van der Waals surface area contributed by atoms with E-state index in [0.717, 1.165) is 36.1 Å². The van der Waals surface area contributed by atoms with Gasteiger partial charge in [-0.3, -0.25) is 9.78 Å². The molecule has 6 nitrogen and oxygen atoms in total. The zero-order chi connectivity index (χ0) is 26.1. The first kappa shape index (κ1) is 26.9. The highest BCUT2D eigenvalue weighted by Crippen LogP contribution is 2.24. The molecular weight excluding hydrogens is 450 g/mol. The second-order valence-electron chi connectivity index (χ2n) is 9.59. The van der Waals surface area contributed by atoms with Crippen molar-refractivity contribution >= 4 is 17.5 Å². The number of hydrogen-bond acceptors (Lipinski definition) is 4. The molecule has 0 spiro atoms. The number of urea groups is 1. The Bertz CT molecular complexity index is 1190. The average molecular weight is 488 g/mol. The number of amides is 2. The van der Waals surface area contributed by atoms with E-state index >= 15 is 0 Å². The standard InChI is InChI=1S/C30H37N3O3/c1-6-29(34)28-18-26(14-15-31-28)36-25-12-10-23(11-13-25)19-32-30(35)33-27-17-22(5)21(4)16-24(27)9-7-8-20(2)3/h10-18,20H,6-9,19H2,1-5H3,(H2,32,33,35). The van der Waals surface area contributed by atoms with Crippen molar-refractivity contribution in [2.45, 2.75) is 66.8 Å². The van der Waals surface area contributed by atoms with Crippen LogP contribution in [0.25, 0.3) is 0 Å². The maximum atomic E-state index is 12.7. The van der Waals surface area contributed by atoms with Crippen LogP contribution in [-0.4, -0.2) is 16.8 Å². The van der Waals surface area contributed by atoms with E-state index in [1.807, 2.05) is 24.3 Å². The first-order valence-electron chi connectivity index (χ1n) is 12.7. The number of Topliss-reactive ketones (excluding diaryl/α,β-unsaturated/α-hetero) is 1. The molecule has 0 saturated carbocycles. The number of aryl methyl sites for hydroxylation is 3. The lowest BCUT2D eigenvalue weighted by atomic mass is 9.97. The molecule has 1 heterocycles. The summed E-state index contributed by atoms with van der Waals surface area (Å²) in [7, 11) is 0. The SMILES string of the molecule is CCC(=O)c1cc(Oc2ccc(CNC(=O)Nc3cc(C)c(C)cc3CCCC(C)C)cc2)ccn1. The van der Waals surface area contributed by atoms with Crippen LogP contribution in [0.2, 0.25) is 0 Å². The summed E-state index contributed by atoms with van der Waals surface area (Å²) in [5.74, 6) is 1.85. The van der Waals surface area contributed by atoms with Crippen molar-refractivity contribution in [3.05, 3.63) is 82.7 Å². The van der Waals surface area contributed by atoms with Crippen LogP contribution < -0.4 is 15.4 Å². The number of pyridine rings is 1. The third kappa shape index (κ3) is 7.94. The van der Waals surface area contributed by atoms with Gasteiger partial charge in [0.05, 0.1) is 0 Å². The Kier molecular flexibility index (Phi) is 9.62. The third-order valence-electron chi connectivity index (χ3n) is 6.15. The summed E-state index contributed by atoms with van der Waals surface area (Å²) >= 11 is 0. The molecule has 2 aromatic carbocycles. The van der Waals surface area contributed by atoms with E-state index in [-0.39, 0.29) is 11.8 Å². The number of nitrogens with zero attached hydrogens (tertiary/aromatic N) is 1. The third-order valence-corrected chi connectivity index (χ3v) is 6.15. The summed E-state index contributed by atoms with van der Waals surface area (Å²) in [6, 6.07) is 14.9. The van der Waals surface area contributed by atoms with Crippen molar-refractivity contribution < 1.29 is 14.3 Å². The monoisotopic (exact) mass is 487 g/mol. The van der Waals surface area contributed by atoms with Crippen molar-refractivity contribution in [2.75, 3.05) is 5.32 Å². The van der Waals surface area contributed by atoms with E-state index in [1.165, 1.54) is 11.1 Å². The van der Waals surface area contributed by atoms with Gasteiger partial charge in [-0.25, -0.2) is 4.79 Å². The summed E-state index contributed by atoms with van der Waals surface area (Å²) in [5, 5.41) is 5.98. The van der Waals surface area contributed by atoms with Gasteiger partial charge in [0.25, 0.3) is 0 Å². The molecule has 6 heteroatoms. The number of aromatic nitrogens is 1. The maximum absolute atomic E-state index is 12.7. The van der Waals surface area contributed by atoms with Crippen LogP contribution in [0.4, 0.5) is 10.5 Å². The molecule has 190 valence electrons. The molecule has 2 amide bonds. The number of carbonyl (C=O) groups is 2. The van der Waals surface area contributed by atoms with Crippen LogP contribution >= 0.6 is 0 Å². The van der Waals surface area contributed by atoms with Gasteiger partial charge >= 0.3 is 6.03 Å². The number of ether oxygens (including phenoxy) is 1. The van der Waals surface area contributed by atoms with E-state index < -0.39 is 0 Å². The fourth-order valence-corrected chi connectivity index (χ4v) is 3.87. The Balaban J connectivity index is 1.56. The lowest BCUT2D eigenvalue weighted by Crippen LogP contribution is -2.28. The predicted molar refractivity (Wildman–Crippen MR) is 145 cm³/mol. The van der Waals surface area contributed by atoms with Gasteiger partial charge in [0.1, 0.15) is 17.2 Å². The minimum Gasteiger partial charge on any atom is -0.457 e. The number of carbonyl (C=O) groups excluding carboxylic acids is 2. The van der Waals surface area contributed by atoms with Gasteiger partial charge in [-0.15, -0.1) is 0 Å². The first-order chi connectivity index (χ1) is 17.2. The van der Waals surface area contributed by atoms with Crippen LogP contribution in [-0.2, 0) is 13.0 Å². The summed E-state index contributed by atoms with van der Waals surface area (Å²) in [5.41, 5.74) is 5.80. The van der Waals surface area contributed by atoms with Crippen LogP contribution in [0.15, 0.2) is 54.7 Å². The normalized spacial score (nSPS) is 10.8. The number of ketones is 1. The molecule has 3 rings (SSSR count). The van der Waals surface area contributed by atoms with Gasteiger partial charge in [-0.2, -0.15) is 0 Å². The second kappa shape index (κ2) is 12.9. The minimum absolute atomic E-state index is 0.0244. The number of nitrogens with one attached hydrogen (secondary N) is 2. The molecule has 0 atom stereocenters. The highest BCUT2D eigenvalue weighted by Gasteiger charge is 2.10. The predicted octanol–water partition coefficient (Wildman–Crippen LogP) is 7.38. The van der Waals surface area contributed by atoms with E-state index in [2.05, 4.69) is 55.4 Å². The van der Waals surface area contributed by atoms with Crippen LogP contribution in [0.1, 0.15) is 72.8 Å². The lowest BCUT2D eigenvalue weighted by molar-refractivity contribution is 0.0983. The van der Waals surface area contributed by atoms with Crippen molar-refractivity contribution in [1.82, 2.24) is 10.3 Å². The topological polar surface area (TPSA) is 80.3 Å². The van der Waals surface area contributed by atoms with E-state index in [9.17, 15) is 9.59 Å². The smallest absolute Gasteiger partial charge is 0.319 e. The van der Waals surface area contributed by atoms with Gasteiger partial charge in [-0.1, -0.05) is 45.4 Å². The molecule has 0 aliphatic heterocycles. The number of hydrogen-bond donors (Lipinski definition) is 2. The summed E-state index contributed by atoms with van der Waals surface area (Å²) in [6.45, 7) is 10.8. The van der Waals surface area contributed by atoms with E-state index in [1.54, 1.807) is 25.3 Å². The fraction of sp³-hybridized carbons (Fsp3) is 0.367. The molecule has 1 aromatic heterocycles. The fourth-order valence-electron chi connectivity index (χ4n) is 3.87. The van der Waals surface area contributed by atoms with Crippen molar-refractivity contribution in [3.63, 3.8) is 0 Å². The average Bonchev–Trinajstić information content (AvgIpc) is 2.86. The highest BCUT2D eigenvalue weighted by atomic mass is 16.5. The van der Waals surface area contributed by atoms with Gasteiger partial charge in [-0.05, 0) is 79.1 Å². The molecule has 0 aliphatic rings. The largest absolute Gasteiger partial charge is 0.457 e. The second-order valence-corrected chi connectivity index (χ2v) is 9.59. The van der Waals surface area contributed by atoms with Gasteiger partial charge in [0, 0.05) is 30.9 Å². The molecular formula is C30H37N3O3. The molecule has 0 unspecified atom stereocenters. The zero-order valence-corrected chi connectivity index (χ0v) is 22.0.